The molecule has 1 aliphatic rings. The fraction of sp³-hybridized carbons (Fsp3) is 0.917. The number of hydrogen-bond donors (Lipinski definition) is 2. The minimum absolute atomic E-state index is 0.196. The van der Waals surface area contributed by atoms with E-state index in [0.29, 0.717) is 12.5 Å². The first kappa shape index (κ1) is 14.3. The Labute approximate surface area is 104 Å². The minimum atomic E-state index is -0.410. The Bertz CT molecular complexity index is 251. The zero-order valence-electron chi connectivity index (χ0n) is 11.2. The predicted molar refractivity (Wildman–Crippen MR) is 67.8 cm³/mol. The maximum absolute atomic E-state index is 11.8. The molecule has 1 unspecified atom stereocenters. The van der Waals surface area contributed by atoms with E-state index in [1.807, 2.05) is 20.8 Å². The maximum Gasteiger partial charge on any atom is 0.410 e. The molecule has 1 fully saturated rings. The van der Waals surface area contributed by atoms with E-state index in [1.165, 1.54) is 0 Å². The first-order chi connectivity index (χ1) is 7.92. The fourth-order valence-electron chi connectivity index (χ4n) is 1.90. The van der Waals surface area contributed by atoms with E-state index in [4.69, 9.17) is 10.5 Å². The molecular formula is C12H25N3O2. The van der Waals surface area contributed by atoms with Crippen LogP contribution in [-0.4, -0.2) is 49.3 Å². The van der Waals surface area contributed by atoms with Gasteiger partial charge < -0.3 is 20.7 Å². The predicted octanol–water partition coefficient (Wildman–Crippen LogP) is 0.792. The van der Waals surface area contributed by atoms with Crippen LogP contribution in [0.25, 0.3) is 0 Å². The average molecular weight is 243 g/mol. The van der Waals surface area contributed by atoms with Gasteiger partial charge in [0.2, 0.25) is 0 Å². The molecule has 0 aromatic heterocycles. The summed E-state index contributed by atoms with van der Waals surface area (Å²) in [5.41, 5.74) is 5.00. The van der Waals surface area contributed by atoms with Gasteiger partial charge in [0.1, 0.15) is 5.60 Å². The monoisotopic (exact) mass is 243 g/mol. The molecule has 1 aliphatic heterocycles. The van der Waals surface area contributed by atoms with Gasteiger partial charge in [0.15, 0.2) is 0 Å². The third-order valence-corrected chi connectivity index (χ3v) is 2.69. The number of hydrogen-bond acceptors (Lipinski definition) is 4. The van der Waals surface area contributed by atoms with Crippen LogP contribution >= 0.6 is 0 Å². The quantitative estimate of drug-likeness (QED) is 0.716. The van der Waals surface area contributed by atoms with E-state index in [1.54, 1.807) is 4.90 Å². The molecule has 0 radical (unpaired) electrons. The molecule has 0 saturated carbocycles. The lowest BCUT2D eigenvalue weighted by Gasteiger charge is -2.24. The van der Waals surface area contributed by atoms with Crippen molar-refractivity contribution in [2.75, 3.05) is 32.7 Å². The first-order valence-electron chi connectivity index (χ1n) is 6.31. The molecule has 0 bridgehead atoms. The summed E-state index contributed by atoms with van der Waals surface area (Å²) in [5.74, 6) is 0.522. The minimum Gasteiger partial charge on any atom is -0.444 e. The van der Waals surface area contributed by atoms with Crippen molar-refractivity contribution < 1.29 is 9.53 Å². The van der Waals surface area contributed by atoms with Gasteiger partial charge in [-0.15, -0.1) is 0 Å². The molecule has 0 aromatic rings. The van der Waals surface area contributed by atoms with Crippen molar-refractivity contribution in [3.8, 4) is 0 Å². The second kappa shape index (κ2) is 6.21. The van der Waals surface area contributed by atoms with Crippen molar-refractivity contribution in [3.05, 3.63) is 0 Å². The number of carbonyl (C=O) groups excluding carboxylic acids is 1. The standard InChI is InChI=1S/C12H25N3O2/c1-12(2,3)17-11(16)15-7-4-10(9-15)8-14-6-5-13/h10,14H,4-9,13H2,1-3H3. The third-order valence-electron chi connectivity index (χ3n) is 2.69. The van der Waals surface area contributed by atoms with E-state index in [2.05, 4.69) is 5.32 Å². The Balaban J connectivity index is 2.27. The molecule has 1 saturated heterocycles. The van der Waals surface area contributed by atoms with Crippen LogP contribution in [-0.2, 0) is 4.74 Å². The first-order valence-corrected chi connectivity index (χ1v) is 6.31. The Hall–Kier alpha value is -0.810. The summed E-state index contributed by atoms with van der Waals surface area (Å²) < 4.78 is 5.34. The highest BCUT2D eigenvalue weighted by molar-refractivity contribution is 5.68. The van der Waals surface area contributed by atoms with Crippen LogP contribution in [0.4, 0.5) is 4.79 Å². The van der Waals surface area contributed by atoms with Gasteiger partial charge in [0.25, 0.3) is 0 Å². The van der Waals surface area contributed by atoms with Crippen molar-refractivity contribution in [1.29, 1.82) is 0 Å². The maximum atomic E-state index is 11.8. The molecule has 17 heavy (non-hydrogen) atoms. The highest BCUT2D eigenvalue weighted by atomic mass is 16.6. The highest BCUT2D eigenvalue weighted by Crippen LogP contribution is 2.18. The van der Waals surface area contributed by atoms with Crippen LogP contribution in [0.2, 0.25) is 0 Å². The van der Waals surface area contributed by atoms with Gasteiger partial charge in [0, 0.05) is 26.2 Å². The van der Waals surface area contributed by atoms with Crippen LogP contribution < -0.4 is 11.1 Å². The fourth-order valence-corrected chi connectivity index (χ4v) is 1.90. The van der Waals surface area contributed by atoms with Crippen LogP contribution in [0.3, 0.4) is 0 Å². The van der Waals surface area contributed by atoms with Gasteiger partial charge in [-0.05, 0) is 39.7 Å². The third kappa shape index (κ3) is 5.37. The van der Waals surface area contributed by atoms with Gasteiger partial charge in [-0.2, -0.15) is 0 Å². The largest absolute Gasteiger partial charge is 0.444 e. The van der Waals surface area contributed by atoms with Gasteiger partial charge in [-0.1, -0.05) is 0 Å². The van der Waals surface area contributed by atoms with E-state index in [0.717, 1.165) is 32.6 Å². The molecule has 5 nitrogen and oxygen atoms in total. The Kier molecular flexibility index (Phi) is 5.21. The Morgan fingerprint density at radius 3 is 2.82 bits per heavy atom. The zero-order valence-corrected chi connectivity index (χ0v) is 11.2. The normalized spacial score (nSPS) is 20.7. The smallest absolute Gasteiger partial charge is 0.410 e. The summed E-state index contributed by atoms with van der Waals surface area (Å²) in [6.07, 6.45) is 0.843. The van der Waals surface area contributed by atoms with Crippen LogP contribution in [0.1, 0.15) is 27.2 Å². The van der Waals surface area contributed by atoms with Crippen molar-refractivity contribution in [2.24, 2.45) is 11.7 Å². The van der Waals surface area contributed by atoms with Crippen molar-refractivity contribution in [1.82, 2.24) is 10.2 Å². The van der Waals surface area contributed by atoms with E-state index < -0.39 is 5.60 Å². The number of nitrogens with two attached hydrogens (primary N) is 1. The topological polar surface area (TPSA) is 67.6 Å². The van der Waals surface area contributed by atoms with Crippen molar-refractivity contribution in [3.63, 3.8) is 0 Å². The summed E-state index contributed by atoms with van der Waals surface area (Å²) in [6.45, 7) is 9.67. The summed E-state index contributed by atoms with van der Waals surface area (Å²) >= 11 is 0. The number of carbonyl (C=O) groups is 1. The average Bonchev–Trinajstić information content (AvgIpc) is 2.64. The lowest BCUT2D eigenvalue weighted by Crippen LogP contribution is -2.36. The Morgan fingerprint density at radius 2 is 2.24 bits per heavy atom. The molecule has 5 heteroatoms. The molecular weight excluding hydrogens is 218 g/mol. The van der Waals surface area contributed by atoms with Gasteiger partial charge in [-0.3, -0.25) is 0 Å². The molecule has 1 atom stereocenters. The Morgan fingerprint density at radius 1 is 1.53 bits per heavy atom. The number of nitrogens with one attached hydrogen (secondary N) is 1. The molecule has 0 aliphatic carbocycles. The number of ether oxygens (including phenoxy) is 1. The molecule has 3 N–H and O–H groups in total. The van der Waals surface area contributed by atoms with E-state index in [9.17, 15) is 4.79 Å². The van der Waals surface area contributed by atoms with Gasteiger partial charge in [0.05, 0.1) is 0 Å². The SMILES string of the molecule is CC(C)(C)OC(=O)N1CCC(CNCCN)C1. The van der Waals surface area contributed by atoms with Crippen LogP contribution in [0, 0.1) is 5.92 Å². The van der Waals surface area contributed by atoms with Crippen molar-refractivity contribution in [2.45, 2.75) is 32.8 Å². The summed E-state index contributed by atoms with van der Waals surface area (Å²) in [6, 6.07) is 0. The molecule has 0 spiro atoms. The second-order valence-electron chi connectivity index (χ2n) is 5.57. The molecule has 1 rings (SSSR count). The second-order valence-corrected chi connectivity index (χ2v) is 5.57. The lowest BCUT2D eigenvalue weighted by atomic mass is 10.1. The van der Waals surface area contributed by atoms with Crippen LogP contribution in [0.15, 0.2) is 0 Å². The number of nitrogens with zero attached hydrogens (tertiary/aromatic N) is 1. The van der Waals surface area contributed by atoms with E-state index >= 15 is 0 Å². The molecule has 0 aromatic carbocycles. The van der Waals surface area contributed by atoms with Crippen LogP contribution in [0.5, 0.6) is 0 Å². The molecule has 1 heterocycles. The number of rotatable bonds is 4. The van der Waals surface area contributed by atoms with Gasteiger partial charge >= 0.3 is 6.09 Å². The summed E-state index contributed by atoms with van der Waals surface area (Å²) in [5, 5.41) is 3.28. The lowest BCUT2D eigenvalue weighted by molar-refractivity contribution is 0.0288. The van der Waals surface area contributed by atoms with Gasteiger partial charge in [-0.25, -0.2) is 4.79 Å². The highest BCUT2D eigenvalue weighted by Gasteiger charge is 2.29. The summed E-state index contributed by atoms with van der Waals surface area (Å²) in [7, 11) is 0. The molecule has 100 valence electrons. The number of likely N-dealkylation sites (tertiary alicyclic amines) is 1. The zero-order chi connectivity index (χ0) is 12.9. The van der Waals surface area contributed by atoms with Crippen molar-refractivity contribution >= 4 is 6.09 Å². The summed E-state index contributed by atoms with van der Waals surface area (Å²) in [4.78, 5) is 13.6. The van der Waals surface area contributed by atoms with E-state index in [-0.39, 0.29) is 6.09 Å². The molecule has 1 amide bonds. The number of amides is 1.